The van der Waals surface area contributed by atoms with Crippen molar-refractivity contribution in [3.05, 3.63) is 101 Å². The second-order valence-electron chi connectivity index (χ2n) is 7.19. The molecule has 3 aromatic carbocycles. The van der Waals surface area contributed by atoms with E-state index in [0.717, 1.165) is 5.56 Å². The van der Waals surface area contributed by atoms with Gasteiger partial charge in [0.15, 0.2) is 11.5 Å². The van der Waals surface area contributed by atoms with Crippen molar-refractivity contribution in [3.63, 3.8) is 0 Å². The smallest absolute Gasteiger partial charge is 0.336 e. The lowest BCUT2D eigenvalue weighted by Crippen LogP contribution is -2.35. The molecule has 0 spiro atoms. The zero-order valence-corrected chi connectivity index (χ0v) is 18.8. The van der Waals surface area contributed by atoms with Gasteiger partial charge in [-0.2, -0.15) is 0 Å². The summed E-state index contributed by atoms with van der Waals surface area (Å²) in [4.78, 5) is 37.4. The van der Waals surface area contributed by atoms with Crippen LogP contribution in [-0.2, 0) is 14.4 Å². The lowest BCUT2D eigenvalue weighted by Gasteiger charge is -2.13. The molecule has 8 heteroatoms. The van der Waals surface area contributed by atoms with E-state index in [0.29, 0.717) is 16.3 Å². The predicted molar refractivity (Wildman–Crippen MR) is 129 cm³/mol. The number of nitrogens with one attached hydrogen (secondary N) is 1. The molecule has 0 atom stereocenters. The zero-order chi connectivity index (χ0) is 24.1. The average Bonchev–Trinajstić information content (AvgIpc) is 3.13. The maximum absolute atomic E-state index is 12.8. The highest BCUT2D eigenvalue weighted by atomic mass is 35.5. The van der Waals surface area contributed by atoms with E-state index in [2.05, 4.69) is 5.43 Å². The number of esters is 1. The van der Waals surface area contributed by atoms with Crippen LogP contribution < -0.4 is 19.9 Å². The van der Waals surface area contributed by atoms with Gasteiger partial charge in [0.2, 0.25) is 0 Å². The van der Waals surface area contributed by atoms with Gasteiger partial charge in [0, 0.05) is 11.1 Å². The Morgan fingerprint density at radius 3 is 2.35 bits per heavy atom. The van der Waals surface area contributed by atoms with Crippen molar-refractivity contribution < 1.29 is 23.9 Å². The van der Waals surface area contributed by atoms with Crippen LogP contribution in [0.5, 0.6) is 11.5 Å². The number of carbonyl (C=O) groups is 3. The molecule has 170 valence electrons. The number of hydrazine groups is 1. The summed E-state index contributed by atoms with van der Waals surface area (Å²) in [5.41, 5.74) is 4.39. The molecule has 4 rings (SSSR count). The van der Waals surface area contributed by atoms with Gasteiger partial charge in [-0.05, 0) is 59.7 Å². The van der Waals surface area contributed by atoms with E-state index in [1.807, 2.05) is 6.07 Å². The quantitative estimate of drug-likeness (QED) is 0.247. The molecule has 0 saturated carbocycles. The maximum atomic E-state index is 12.8. The van der Waals surface area contributed by atoms with Gasteiger partial charge in [-0.1, -0.05) is 48.0 Å². The van der Waals surface area contributed by atoms with Crippen LogP contribution in [-0.4, -0.2) is 24.9 Å². The summed E-state index contributed by atoms with van der Waals surface area (Å²) in [6.45, 7) is 0. The molecule has 7 nitrogen and oxygen atoms in total. The molecule has 0 bridgehead atoms. The van der Waals surface area contributed by atoms with Crippen LogP contribution in [0, 0.1) is 0 Å². The maximum Gasteiger partial charge on any atom is 0.336 e. The summed E-state index contributed by atoms with van der Waals surface area (Å²) >= 11 is 5.86. The summed E-state index contributed by atoms with van der Waals surface area (Å²) in [6.07, 6.45) is 4.35. The van der Waals surface area contributed by atoms with E-state index in [-0.39, 0.29) is 17.1 Å². The predicted octanol–water partition coefficient (Wildman–Crippen LogP) is 4.43. The number of halogens is 1. The SMILES string of the molecule is COc1cc(/C=C2/C(=O)NN(c3ccccc3)C2=O)ccc1OC(=O)/C=C/c1ccc(Cl)cc1. The first-order valence-corrected chi connectivity index (χ1v) is 10.6. The van der Waals surface area contributed by atoms with Crippen molar-refractivity contribution in [3.8, 4) is 11.5 Å². The Kier molecular flexibility index (Phi) is 6.75. The van der Waals surface area contributed by atoms with Crippen LogP contribution in [0.3, 0.4) is 0 Å². The molecule has 1 N–H and O–H groups in total. The molecule has 34 heavy (non-hydrogen) atoms. The Bertz CT molecular complexity index is 1300. The Morgan fingerprint density at radius 1 is 0.941 bits per heavy atom. The van der Waals surface area contributed by atoms with Gasteiger partial charge in [0.1, 0.15) is 5.57 Å². The summed E-state index contributed by atoms with van der Waals surface area (Å²) in [5, 5.41) is 1.79. The molecular formula is C26H19ClN2O5. The first kappa shape index (κ1) is 22.8. The van der Waals surface area contributed by atoms with Gasteiger partial charge < -0.3 is 9.47 Å². The number of amides is 2. The van der Waals surface area contributed by atoms with E-state index >= 15 is 0 Å². The number of para-hydroxylation sites is 1. The minimum Gasteiger partial charge on any atom is -0.493 e. The molecule has 1 aliphatic heterocycles. The molecule has 1 fully saturated rings. The molecule has 0 unspecified atom stereocenters. The fourth-order valence-corrected chi connectivity index (χ4v) is 3.35. The Balaban J connectivity index is 1.50. The monoisotopic (exact) mass is 474 g/mol. The first-order chi connectivity index (χ1) is 16.4. The van der Waals surface area contributed by atoms with E-state index in [4.69, 9.17) is 21.1 Å². The zero-order valence-electron chi connectivity index (χ0n) is 18.0. The van der Waals surface area contributed by atoms with Crippen molar-refractivity contribution in [2.45, 2.75) is 0 Å². The molecule has 2 amide bonds. The highest BCUT2D eigenvalue weighted by molar-refractivity contribution is 6.31. The van der Waals surface area contributed by atoms with Gasteiger partial charge in [-0.25, -0.2) is 9.80 Å². The second kappa shape index (κ2) is 10.1. The summed E-state index contributed by atoms with van der Waals surface area (Å²) in [7, 11) is 1.43. The Morgan fingerprint density at radius 2 is 1.65 bits per heavy atom. The van der Waals surface area contributed by atoms with Crippen LogP contribution in [0.2, 0.25) is 5.02 Å². The Labute approximate surface area is 200 Å². The summed E-state index contributed by atoms with van der Waals surface area (Å²) in [6, 6.07) is 20.5. The largest absolute Gasteiger partial charge is 0.493 e. The third kappa shape index (κ3) is 5.16. The highest BCUT2D eigenvalue weighted by Gasteiger charge is 2.34. The topological polar surface area (TPSA) is 84.9 Å². The summed E-state index contributed by atoms with van der Waals surface area (Å²) in [5.74, 6) is -1.12. The number of ether oxygens (including phenoxy) is 2. The fourth-order valence-electron chi connectivity index (χ4n) is 3.22. The van der Waals surface area contributed by atoms with E-state index in [1.165, 1.54) is 30.3 Å². The normalized spacial score (nSPS) is 14.5. The molecular weight excluding hydrogens is 456 g/mol. The molecule has 1 heterocycles. The molecule has 3 aromatic rings. The van der Waals surface area contributed by atoms with Crippen LogP contribution in [0.4, 0.5) is 5.69 Å². The number of methoxy groups -OCH3 is 1. The number of anilines is 1. The molecule has 0 aliphatic carbocycles. The standard InChI is InChI=1S/C26H19ClN2O5/c1-33-23-16-18(15-21-25(31)28-29(26(21)32)20-5-3-2-4-6-20)9-13-22(23)34-24(30)14-10-17-7-11-19(27)12-8-17/h2-16H,1H3,(H,28,31)/b14-10+,21-15-. The van der Waals surface area contributed by atoms with Gasteiger partial charge >= 0.3 is 5.97 Å². The lowest BCUT2D eigenvalue weighted by molar-refractivity contribution is -0.129. The third-order valence-electron chi connectivity index (χ3n) is 4.90. The third-order valence-corrected chi connectivity index (χ3v) is 5.15. The number of rotatable bonds is 6. The molecule has 0 radical (unpaired) electrons. The molecule has 1 saturated heterocycles. The molecule has 1 aliphatic rings. The number of carbonyl (C=O) groups excluding carboxylic acids is 3. The van der Waals surface area contributed by atoms with Crippen molar-refractivity contribution >= 4 is 47.2 Å². The number of hydrogen-bond donors (Lipinski definition) is 1. The van der Waals surface area contributed by atoms with E-state index in [9.17, 15) is 14.4 Å². The van der Waals surface area contributed by atoms with Gasteiger partial charge in [-0.15, -0.1) is 0 Å². The highest BCUT2D eigenvalue weighted by Crippen LogP contribution is 2.30. The second-order valence-corrected chi connectivity index (χ2v) is 7.63. The van der Waals surface area contributed by atoms with Gasteiger partial charge in [-0.3, -0.25) is 15.0 Å². The van der Waals surface area contributed by atoms with Crippen molar-refractivity contribution in [2.75, 3.05) is 12.1 Å². The van der Waals surface area contributed by atoms with E-state index in [1.54, 1.807) is 66.7 Å². The molecule has 0 aromatic heterocycles. The average molecular weight is 475 g/mol. The van der Waals surface area contributed by atoms with Crippen molar-refractivity contribution in [1.29, 1.82) is 0 Å². The first-order valence-electron chi connectivity index (χ1n) is 10.2. The number of hydrogen-bond acceptors (Lipinski definition) is 5. The van der Waals surface area contributed by atoms with E-state index < -0.39 is 17.8 Å². The Hall–Kier alpha value is -4.36. The minimum atomic E-state index is -0.594. The minimum absolute atomic E-state index is 0.0263. The fraction of sp³-hybridized carbons (Fsp3) is 0.0385. The van der Waals surface area contributed by atoms with Gasteiger partial charge in [0.05, 0.1) is 12.8 Å². The number of benzene rings is 3. The van der Waals surface area contributed by atoms with Gasteiger partial charge in [0.25, 0.3) is 11.8 Å². The van der Waals surface area contributed by atoms with Crippen LogP contribution in [0.15, 0.2) is 84.4 Å². The number of nitrogens with zero attached hydrogens (tertiary/aromatic N) is 1. The lowest BCUT2D eigenvalue weighted by atomic mass is 10.1. The summed E-state index contributed by atoms with van der Waals surface area (Å²) < 4.78 is 10.7. The van der Waals surface area contributed by atoms with Crippen LogP contribution in [0.1, 0.15) is 11.1 Å². The van der Waals surface area contributed by atoms with Crippen molar-refractivity contribution in [2.24, 2.45) is 0 Å². The van der Waals surface area contributed by atoms with Crippen LogP contribution in [0.25, 0.3) is 12.2 Å². The van der Waals surface area contributed by atoms with Crippen LogP contribution >= 0.6 is 11.6 Å². The van der Waals surface area contributed by atoms with Crippen molar-refractivity contribution in [1.82, 2.24) is 5.43 Å².